The van der Waals surface area contributed by atoms with Crippen molar-refractivity contribution < 1.29 is 4.74 Å². The third-order valence-electron chi connectivity index (χ3n) is 5.75. The number of hydrogen-bond acceptors (Lipinski definition) is 2. The Labute approximate surface area is 182 Å². The van der Waals surface area contributed by atoms with Gasteiger partial charge in [-0.1, -0.05) is 82.5 Å². The van der Waals surface area contributed by atoms with E-state index in [4.69, 9.17) is 4.74 Å². The molecule has 2 aromatic carbocycles. The van der Waals surface area contributed by atoms with E-state index in [0.29, 0.717) is 5.92 Å². The van der Waals surface area contributed by atoms with Crippen molar-refractivity contribution in [1.29, 1.82) is 0 Å². The maximum Gasteiger partial charge on any atom is 0.119 e. The van der Waals surface area contributed by atoms with Gasteiger partial charge in [0.25, 0.3) is 0 Å². The lowest BCUT2D eigenvalue weighted by Gasteiger charge is -2.14. The highest BCUT2D eigenvalue weighted by Crippen LogP contribution is 2.28. The van der Waals surface area contributed by atoms with Gasteiger partial charge in [-0.25, -0.2) is 0 Å². The molecule has 0 aliphatic carbocycles. The summed E-state index contributed by atoms with van der Waals surface area (Å²) in [5.41, 5.74) is 6.24. The second-order valence-electron chi connectivity index (χ2n) is 8.11. The van der Waals surface area contributed by atoms with Gasteiger partial charge in [-0.15, -0.1) is 0 Å². The molecule has 0 amide bonds. The van der Waals surface area contributed by atoms with E-state index in [2.05, 4.69) is 86.4 Å². The number of unbranched alkanes of at least 4 members (excludes halogenated alkanes) is 3. The molecule has 1 heterocycles. The normalized spacial score (nSPS) is 12.0. The van der Waals surface area contributed by atoms with E-state index in [-0.39, 0.29) is 0 Å². The van der Waals surface area contributed by atoms with Crippen molar-refractivity contribution in [3.8, 4) is 16.9 Å². The topological polar surface area (TPSA) is 22.1 Å². The number of ether oxygens (including phenoxy) is 1. The largest absolute Gasteiger partial charge is 0.494 e. The van der Waals surface area contributed by atoms with Gasteiger partial charge in [-0.2, -0.15) is 0 Å². The van der Waals surface area contributed by atoms with E-state index < -0.39 is 0 Å². The molecule has 158 valence electrons. The zero-order valence-corrected chi connectivity index (χ0v) is 18.7. The zero-order valence-electron chi connectivity index (χ0n) is 18.7. The van der Waals surface area contributed by atoms with Gasteiger partial charge in [0.15, 0.2) is 0 Å². The zero-order chi connectivity index (χ0) is 21.2. The molecule has 0 spiro atoms. The minimum atomic E-state index is 0.339. The van der Waals surface area contributed by atoms with Crippen LogP contribution in [0, 0.1) is 0 Å². The van der Waals surface area contributed by atoms with Gasteiger partial charge in [0.1, 0.15) is 5.75 Å². The molecule has 0 saturated heterocycles. The molecule has 0 aliphatic rings. The number of nitrogens with zero attached hydrogens (tertiary/aromatic N) is 1. The van der Waals surface area contributed by atoms with Crippen LogP contribution >= 0.6 is 0 Å². The van der Waals surface area contributed by atoms with Crippen molar-refractivity contribution in [3.05, 3.63) is 83.7 Å². The van der Waals surface area contributed by atoms with Crippen molar-refractivity contribution in [2.75, 3.05) is 6.61 Å². The summed E-state index contributed by atoms with van der Waals surface area (Å²) in [6.45, 7) is 7.48. The van der Waals surface area contributed by atoms with Crippen molar-refractivity contribution in [2.24, 2.45) is 0 Å². The van der Waals surface area contributed by atoms with E-state index in [1.807, 2.05) is 6.20 Å². The minimum absolute atomic E-state index is 0.339. The van der Waals surface area contributed by atoms with Crippen molar-refractivity contribution in [3.63, 3.8) is 0 Å². The molecule has 2 nitrogen and oxygen atoms in total. The van der Waals surface area contributed by atoms with Crippen molar-refractivity contribution in [1.82, 2.24) is 4.98 Å². The second-order valence-corrected chi connectivity index (χ2v) is 8.11. The van der Waals surface area contributed by atoms with Gasteiger partial charge >= 0.3 is 0 Å². The Morgan fingerprint density at radius 1 is 0.733 bits per heavy atom. The third-order valence-corrected chi connectivity index (χ3v) is 5.75. The van der Waals surface area contributed by atoms with E-state index >= 15 is 0 Å². The fourth-order valence-corrected chi connectivity index (χ4v) is 3.64. The van der Waals surface area contributed by atoms with Crippen LogP contribution in [-0.2, 0) is 6.42 Å². The molecule has 1 aromatic heterocycles. The predicted octanol–water partition coefficient (Wildman–Crippen LogP) is 7.81. The third kappa shape index (κ3) is 6.19. The Morgan fingerprint density at radius 3 is 1.97 bits per heavy atom. The fraction of sp³-hybridized carbons (Fsp3) is 0.393. The van der Waals surface area contributed by atoms with Crippen LogP contribution in [-0.4, -0.2) is 11.6 Å². The van der Waals surface area contributed by atoms with Crippen LogP contribution in [0.5, 0.6) is 5.75 Å². The Hall–Kier alpha value is -2.61. The highest BCUT2D eigenvalue weighted by molar-refractivity contribution is 5.64. The number of aromatic nitrogens is 1. The first-order chi connectivity index (χ1) is 14.7. The molecule has 3 aromatic rings. The molecule has 0 N–H and O–H groups in total. The summed E-state index contributed by atoms with van der Waals surface area (Å²) in [6.07, 6.45) is 9.09. The summed E-state index contributed by atoms with van der Waals surface area (Å²) in [5.74, 6) is 1.29. The number of aryl methyl sites for hydroxylation is 1. The molecule has 0 radical (unpaired) electrons. The molecule has 3 rings (SSSR count). The maximum atomic E-state index is 5.82. The quantitative estimate of drug-likeness (QED) is 0.306. The summed E-state index contributed by atoms with van der Waals surface area (Å²) in [6, 6.07) is 21.8. The SMILES string of the molecule is CCCCCOc1ccc(-c2ccc(C(C)c3ccc(CCCC)nc3)cc2)cc1. The standard InChI is InChI=1S/C28H35NO/c1-4-6-8-20-30-28-18-15-25(16-19-28)24-12-10-23(11-13-24)22(3)26-14-17-27(29-21-26)9-7-5-2/h10-19,21-22H,4-9,20H2,1-3H3. The number of rotatable bonds is 11. The van der Waals surface area contributed by atoms with Gasteiger partial charge < -0.3 is 4.74 Å². The Balaban J connectivity index is 1.61. The number of pyridine rings is 1. The van der Waals surface area contributed by atoms with Crippen molar-refractivity contribution in [2.45, 2.75) is 65.2 Å². The lowest BCUT2D eigenvalue weighted by Crippen LogP contribution is -1.99. The monoisotopic (exact) mass is 401 g/mol. The molecule has 0 bridgehead atoms. The Morgan fingerprint density at radius 2 is 1.37 bits per heavy atom. The number of benzene rings is 2. The molecular formula is C28H35NO. The van der Waals surface area contributed by atoms with Crippen LogP contribution in [0.4, 0.5) is 0 Å². The van der Waals surface area contributed by atoms with E-state index in [1.54, 1.807) is 0 Å². The maximum absolute atomic E-state index is 5.82. The molecule has 30 heavy (non-hydrogen) atoms. The van der Waals surface area contributed by atoms with E-state index in [1.165, 1.54) is 53.6 Å². The van der Waals surface area contributed by atoms with Crippen LogP contribution in [0.3, 0.4) is 0 Å². The fourth-order valence-electron chi connectivity index (χ4n) is 3.64. The molecule has 2 heteroatoms. The first-order valence-electron chi connectivity index (χ1n) is 11.5. The van der Waals surface area contributed by atoms with Crippen LogP contribution in [0.25, 0.3) is 11.1 Å². The highest BCUT2D eigenvalue weighted by Gasteiger charge is 2.10. The minimum Gasteiger partial charge on any atom is -0.494 e. The van der Waals surface area contributed by atoms with Gasteiger partial charge in [0, 0.05) is 17.8 Å². The average Bonchev–Trinajstić information content (AvgIpc) is 2.81. The average molecular weight is 402 g/mol. The second kappa shape index (κ2) is 11.5. The molecule has 1 unspecified atom stereocenters. The van der Waals surface area contributed by atoms with Crippen LogP contribution in [0.2, 0.25) is 0 Å². The number of hydrogen-bond donors (Lipinski definition) is 0. The van der Waals surface area contributed by atoms with E-state index in [0.717, 1.165) is 25.2 Å². The summed E-state index contributed by atoms with van der Waals surface area (Å²) in [7, 11) is 0. The van der Waals surface area contributed by atoms with Gasteiger partial charge in [0.05, 0.1) is 6.61 Å². The molecule has 0 fully saturated rings. The summed E-state index contributed by atoms with van der Waals surface area (Å²) in [4.78, 5) is 4.66. The smallest absolute Gasteiger partial charge is 0.119 e. The lowest BCUT2D eigenvalue weighted by atomic mass is 9.92. The van der Waals surface area contributed by atoms with Crippen LogP contribution < -0.4 is 4.74 Å². The van der Waals surface area contributed by atoms with Gasteiger partial charge in [-0.05, 0) is 59.7 Å². The first kappa shape index (κ1) is 22.1. The Bertz CT molecular complexity index is 866. The molecule has 0 aliphatic heterocycles. The summed E-state index contributed by atoms with van der Waals surface area (Å²) < 4.78 is 5.82. The van der Waals surface area contributed by atoms with Gasteiger partial charge in [0.2, 0.25) is 0 Å². The van der Waals surface area contributed by atoms with Crippen molar-refractivity contribution >= 4 is 0 Å². The summed E-state index contributed by atoms with van der Waals surface area (Å²) >= 11 is 0. The molecular weight excluding hydrogens is 366 g/mol. The highest BCUT2D eigenvalue weighted by atomic mass is 16.5. The van der Waals surface area contributed by atoms with Crippen LogP contribution in [0.1, 0.15) is 75.6 Å². The lowest BCUT2D eigenvalue weighted by molar-refractivity contribution is 0.306. The first-order valence-corrected chi connectivity index (χ1v) is 11.5. The van der Waals surface area contributed by atoms with Crippen LogP contribution in [0.15, 0.2) is 66.9 Å². The van der Waals surface area contributed by atoms with Gasteiger partial charge in [-0.3, -0.25) is 4.98 Å². The summed E-state index contributed by atoms with van der Waals surface area (Å²) in [5, 5.41) is 0. The predicted molar refractivity (Wildman–Crippen MR) is 127 cm³/mol. The molecule has 0 saturated carbocycles. The Kier molecular flexibility index (Phi) is 8.50. The van der Waals surface area contributed by atoms with E-state index in [9.17, 15) is 0 Å². The molecule has 1 atom stereocenters.